The molecule has 0 aromatic heterocycles. The molecule has 142 valence electrons. The van der Waals surface area contributed by atoms with Crippen LogP contribution in [0.25, 0.3) is 0 Å². The number of carbonyl (C=O) groups is 1. The lowest BCUT2D eigenvalue weighted by molar-refractivity contribution is -0.139. The maximum Gasteiger partial charge on any atom is 0.233 e. The minimum atomic E-state index is -0.160. The second-order valence-corrected chi connectivity index (χ2v) is 8.95. The average molecular weight is 376 g/mol. The Labute approximate surface area is 160 Å². The van der Waals surface area contributed by atoms with Crippen molar-refractivity contribution in [2.75, 3.05) is 26.0 Å². The van der Waals surface area contributed by atoms with Crippen molar-refractivity contribution in [2.24, 2.45) is 5.92 Å². The molecule has 26 heavy (non-hydrogen) atoms. The van der Waals surface area contributed by atoms with E-state index in [1.165, 1.54) is 12.8 Å². The monoisotopic (exact) mass is 375 g/mol. The van der Waals surface area contributed by atoms with Crippen molar-refractivity contribution >= 4 is 17.7 Å². The molecule has 1 heterocycles. The van der Waals surface area contributed by atoms with Gasteiger partial charge in [0, 0.05) is 25.2 Å². The first-order chi connectivity index (χ1) is 12.7. The van der Waals surface area contributed by atoms with Crippen LogP contribution in [0.5, 0.6) is 0 Å². The Morgan fingerprint density at radius 3 is 2.77 bits per heavy atom. The van der Waals surface area contributed by atoms with E-state index in [1.54, 1.807) is 11.8 Å². The molecule has 4 nitrogen and oxygen atoms in total. The van der Waals surface area contributed by atoms with E-state index in [2.05, 4.69) is 17.0 Å². The zero-order valence-corrected chi connectivity index (χ0v) is 16.4. The van der Waals surface area contributed by atoms with E-state index in [4.69, 9.17) is 9.47 Å². The smallest absolute Gasteiger partial charge is 0.233 e. The number of thioether (sulfide) groups is 1. The largest absolute Gasteiger partial charge is 0.378 e. The normalized spacial score (nSPS) is 31.0. The fraction of sp³-hybridized carbons (Fsp3) is 0.667. The topological polar surface area (TPSA) is 38.8 Å². The van der Waals surface area contributed by atoms with Crippen LogP contribution in [-0.2, 0) is 14.3 Å². The third-order valence-corrected chi connectivity index (χ3v) is 7.23. The molecule has 1 aromatic carbocycles. The van der Waals surface area contributed by atoms with Crippen LogP contribution in [0.3, 0.4) is 0 Å². The number of hydrogen-bond donors (Lipinski definition) is 0. The summed E-state index contributed by atoms with van der Waals surface area (Å²) in [4.78, 5) is 16.1. The second-order valence-electron chi connectivity index (χ2n) is 7.90. The van der Waals surface area contributed by atoms with Gasteiger partial charge in [-0.25, -0.2) is 0 Å². The standard InChI is InChI=1S/C21H29NO3S/c1-24-21-10-9-17(25-14-16-7-8-16)13-19(21)22(12-11-21)20(23)15-26-18-5-3-2-4-6-18/h2-6,16-17,19H,7-15H2,1H3/t17-,19-,21+/m0/s1. The van der Waals surface area contributed by atoms with Gasteiger partial charge in [-0.05, 0) is 56.6 Å². The van der Waals surface area contributed by atoms with Crippen LogP contribution in [0, 0.1) is 5.92 Å². The first-order valence-corrected chi connectivity index (χ1v) is 10.8. The first kappa shape index (κ1) is 18.3. The Bertz CT molecular complexity index is 621. The van der Waals surface area contributed by atoms with Gasteiger partial charge >= 0.3 is 0 Å². The first-order valence-electron chi connectivity index (χ1n) is 9.84. The van der Waals surface area contributed by atoms with Crippen molar-refractivity contribution in [2.45, 2.75) is 61.2 Å². The third-order valence-electron chi connectivity index (χ3n) is 6.23. The van der Waals surface area contributed by atoms with Crippen LogP contribution in [-0.4, -0.2) is 54.6 Å². The molecule has 1 aliphatic heterocycles. The van der Waals surface area contributed by atoms with Gasteiger partial charge in [-0.2, -0.15) is 0 Å². The van der Waals surface area contributed by atoms with Crippen LogP contribution < -0.4 is 0 Å². The second kappa shape index (κ2) is 7.91. The highest BCUT2D eigenvalue weighted by Crippen LogP contribution is 2.44. The maximum absolute atomic E-state index is 12.9. The summed E-state index contributed by atoms with van der Waals surface area (Å²) in [6.07, 6.45) is 6.84. The Morgan fingerprint density at radius 1 is 1.23 bits per heavy atom. The third kappa shape index (κ3) is 3.95. The Balaban J connectivity index is 1.37. The molecular weight excluding hydrogens is 346 g/mol. The van der Waals surface area contributed by atoms with Gasteiger partial charge in [0.1, 0.15) is 0 Å². The highest BCUT2D eigenvalue weighted by Gasteiger charge is 2.52. The van der Waals surface area contributed by atoms with Crippen molar-refractivity contribution in [3.8, 4) is 0 Å². The summed E-state index contributed by atoms with van der Waals surface area (Å²) in [5.74, 6) is 1.51. The molecule has 3 fully saturated rings. The van der Waals surface area contributed by atoms with E-state index in [0.717, 1.165) is 49.6 Å². The summed E-state index contributed by atoms with van der Waals surface area (Å²) < 4.78 is 12.1. The van der Waals surface area contributed by atoms with Gasteiger partial charge in [-0.1, -0.05) is 18.2 Å². The number of hydrogen-bond acceptors (Lipinski definition) is 4. The number of carbonyl (C=O) groups excluding carboxylic acids is 1. The van der Waals surface area contributed by atoms with Gasteiger partial charge in [0.05, 0.1) is 23.5 Å². The summed E-state index contributed by atoms with van der Waals surface area (Å²) in [6, 6.07) is 10.3. The molecule has 1 amide bonds. The molecule has 4 rings (SSSR count). The van der Waals surface area contributed by atoms with Gasteiger partial charge in [0.25, 0.3) is 0 Å². The predicted octanol–water partition coefficient (Wildman–Crippen LogP) is 3.74. The van der Waals surface area contributed by atoms with E-state index in [1.807, 2.05) is 25.3 Å². The van der Waals surface area contributed by atoms with E-state index < -0.39 is 0 Å². The molecule has 0 bridgehead atoms. The zero-order valence-electron chi connectivity index (χ0n) is 15.6. The number of methoxy groups -OCH3 is 1. The Morgan fingerprint density at radius 2 is 2.04 bits per heavy atom. The Kier molecular flexibility index (Phi) is 5.58. The molecule has 0 unspecified atom stereocenters. The van der Waals surface area contributed by atoms with Gasteiger partial charge in [0.2, 0.25) is 5.91 Å². The van der Waals surface area contributed by atoms with Crippen LogP contribution in [0.2, 0.25) is 0 Å². The van der Waals surface area contributed by atoms with E-state index in [-0.39, 0.29) is 23.7 Å². The number of amides is 1. The van der Waals surface area contributed by atoms with Crippen molar-refractivity contribution < 1.29 is 14.3 Å². The SMILES string of the molecule is CO[C@@]12CC[C@H](OCC3CC3)C[C@@H]1N(C(=O)CSc1ccccc1)CC2. The van der Waals surface area contributed by atoms with Crippen LogP contribution in [0.15, 0.2) is 35.2 Å². The highest BCUT2D eigenvalue weighted by atomic mass is 32.2. The van der Waals surface area contributed by atoms with Crippen molar-refractivity contribution in [1.29, 1.82) is 0 Å². The molecular formula is C21H29NO3S. The molecule has 2 saturated carbocycles. The molecule has 5 heteroatoms. The summed E-state index contributed by atoms with van der Waals surface area (Å²) in [7, 11) is 1.81. The average Bonchev–Trinajstić information content (AvgIpc) is 3.44. The summed E-state index contributed by atoms with van der Waals surface area (Å²) in [5.41, 5.74) is -0.160. The number of rotatable bonds is 7. The Hall–Kier alpha value is -1.04. The molecule has 0 N–H and O–H groups in total. The minimum absolute atomic E-state index is 0.160. The number of likely N-dealkylation sites (tertiary alicyclic amines) is 1. The lowest BCUT2D eigenvalue weighted by Crippen LogP contribution is -2.53. The molecule has 0 radical (unpaired) electrons. The van der Waals surface area contributed by atoms with E-state index in [0.29, 0.717) is 5.75 Å². The lowest BCUT2D eigenvalue weighted by Gasteiger charge is -2.43. The summed E-state index contributed by atoms with van der Waals surface area (Å²) in [6.45, 7) is 1.71. The molecule has 1 saturated heterocycles. The van der Waals surface area contributed by atoms with Crippen LogP contribution in [0.4, 0.5) is 0 Å². The summed E-state index contributed by atoms with van der Waals surface area (Å²) >= 11 is 1.62. The number of benzene rings is 1. The molecule has 3 atom stereocenters. The number of nitrogens with zero attached hydrogens (tertiary/aromatic N) is 1. The lowest BCUT2D eigenvalue weighted by atomic mass is 9.79. The molecule has 3 aliphatic rings. The quantitative estimate of drug-likeness (QED) is 0.681. The van der Waals surface area contributed by atoms with Crippen molar-refractivity contribution in [3.05, 3.63) is 30.3 Å². The van der Waals surface area contributed by atoms with Crippen molar-refractivity contribution in [3.63, 3.8) is 0 Å². The minimum Gasteiger partial charge on any atom is -0.378 e. The fourth-order valence-electron chi connectivity index (χ4n) is 4.41. The molecule has 2 aliphatic carbocycles. The number of ether oxygens (including phenoxy) is 2. The fourth-order valence-corrected chi connectivity index (χ4v) is 5.22. The van der Waals surface area contributed by atoms with E-state index in [9.17, 15) is 4.79 Å². The maximum atomic E-state index is 12.9. The molecule has 0 spiro atoms. The van der Waals surface area contributed by atoms with Gasteiger partial charge in [0.15, 0.2) is 0 Å². The van der Waals surface area contributed by atoms with Crippen LogP contribution >= 0.6 is 11.8 Å². The van der Waals surface area contributed by atoms with Crippen LogP contribution in [0.1, 0.15) is 38.5 Å². The van der Waals surface area contributed by atoms with Gasteiger partial charge in [-0.3, -0.25) is 4.79 Å². The van der Waals surface area contributed by atoms with Crippen molar-refractivity contribution in [1.82, 2.24) is 4.90 Å². The highest BCUT2D eigenvalue weighted by molar-refractivity contribution is 8.00. The van der Waals surface area contributed by atoms with E-state index >= 15 is 0 Å². The van der Waals surface area contributed by atoms with Gasteiger partial charge < -0.3 is 14.4 Å². The summed E-state index contributed by atoms with van der Waals surface area (Å²) in [5, 5.41) is 0. The van der Waals surface area contributed by atoms with Gasteiger partial charge in [-0.15, -0.1) is 11.8 Å². The zero-order chi connectivity index (χ0) is 18.0. The molecule has 1 aromatic rings. The predicted molar refractivity (Wildman–Crippen MR) is 103 cm³/mol. The number of fused-ring (bicyclic) bond motifs is 1.